The molecule has 0 aliphatic carbocycles. The van der Waals surface area contributed by atoms with Crippen LogP contribution in [0.3, 0.4) is 0 Å². The van der Waals surface area contributed by atoms with Crippen molar-refractivity contribution in [2.24, 2.45) is 0 Å². The van der Waals surface area contributed by atoms with E-state index >= 15 is 0 Å². The van der Waals surface area contributed by atoms with Crippen LogP contribution in [-0.4, -0.2) is 22.0 Å². The van der Waals surface area contributed by atoms with Crippen molar-refractivity contribution in [3.8, 4) is 5.75 Å². The number of carboxylic acid groups (broad SMARTS) is 1. The lowest BCUT2D eigenvalue weighted by atomic mass is 10.1. The average Bonchev–Trinajstić information content (AvgIpc) is 2.61. The number of rotatable bonds is 3. The predicted molar refractivity (Wildman–Crippen MR) is 60.9 cm³/mol. The van der Waals surface area contributed by atoms with E-state index in [4.69, 9.17) is 9.84 Å². The number of esters is 1. The van der Waals surface area contributed by atoms with Crippen LogP contribution in [0.5, 0.6) is 5.75 Å². The largest absolute Gasteiger partial charge is 0.481 e. The number of hydrogen-bond donors (Lipinski definition) is 2. The Bertz CT molecular complexity index is 585. The van der Waals surface area contributed by atoms with Crippen molar-refractivity contribution >= 4 is 22.8 Å². The minimum Gasteiger partial charge on any atom is -0.481 e. The molecule has 0 aliphatic rings. The first-order valence-electron chi connectivity index (χ1n) is 5.07. The second-order valence-corrected chi connectivity index (χ2v) is 3.66. The van der Waals surface area contributed by atoms with Crippen molar-refractivity contribution < 1.29 is 19.4 Å². The van der Waals surface area contributed by atoms with E-state index in [2.05, 4.69) is 4.98 Å². The van der Waals surface area contributed by atoms with Crippen molar-refractivity contribution in [3.63, 3.8) is 0 Å². The number of aliphatic carboxylic acids is 1. The summed E-state index contributed by atoms with van der Waals surface area (Å²) in [6.45, 7) is 1.31. The molecule has 2 N–H and O–H groups in total. The van der Waals surface area contributed by atoms with Gasteiger partial charge < -0.3 is 14.8 Å². The van der Waals surface area contributed by atoms with Crippen LogP contribution < -0.4 is 4.74 Å². The molecule has 0 amide bonds. The van der Waals surface area contributed by atoms with Gasteiger partial charge in [-0.2, -0.15) is 0 Å². The van der Waals surface area contributed by atoms with Crippen LogP contribution in [-0.2, 0) is 16.0 Å². The van der Waals surface area contributed by atoms with Gasteiger partial charge in [0.05, 0.1) is 6.42 Å². The van der Waals surface area contributed by atoms with Crippen LogP contribution in [0, 0.1) is 0 Å². The average molecular weight is 233 g/mol. The molecule has 0 radical (unpaired) electrons. The number of aromatic nitrogens is 1. The number of aromatic amines is 1. The molecule has 0 saturated carbocycles. The van der Waals surface area contributed by atoms with Crippen LogP contribution in [0.15, 0.2) is 24.4 Å². The van der Waals surface area contributed by atoms with E-state index in [0.29, 0.717) is 16.7 Å². The normalized spacial score (nSPS) is 10.4. The number of benzene rings is 1. The molecule has 0 unspecified atom stereocenters. The highest BCUT2D eigenvalue weighted by molar-refractivity contribution is 5.93. The van der Waals surface area contributed by atoms with Crippen LogP contribution in [0.4, 0.5) is 0 Å². The van der Waals surface area contributed by atoms with Gasteiger partial charge in [-0.3, -0.25) is 9.59 Å². The summed E-state index contributed by atoms with van der Waals surface area (Å²) >= 11 is 0. The zero-order valence-electron chi connectivity index (χ0n) is 9.19. The van der Waals surface area contributed by atoms with E-state index in [1.807, 2.05) is 0 Å². The van der Waals surface area contributed by atoms with E-state index < -0.39 is 11.9 Å². The summed E-state index contributed by atoms with van der Waals surface area (Å²) in [6, 6.07) is 5.18. The Balaban J connectivity index is 2.54. The zero-order chi connectivity index (χ0) is 12.4. The third-order valence-corrected chi connectivity index (χ3v) is 2.34. The van der Waals surface area contributed by atoms with Crippen molar-refractivity contribution in [3.05, 3.63) is 30.0 Å². The Labute approximate surface area is 97.0 Å². The molecule has 2 rings (SSSR count). The molecular weight excluding hydrogens is 222 g/mol. The summed E-state index contributed by atoms with van der Waals surface area (Å²) in [4.78, 5) is 24.6. The first-order valence-corrected chi connectivity index (χ1v) is 5.07. The first-order chi connectivity index (χ1) is 8.08. The summed E-state index contributed by atoms with van der Waals surface area (Å²) in [5.41, 5.74) is 1.35. The smallest absolute Gasteiger partial charge is 0.308 e. The zero-order valence-corrected chi connectivity index (χ0v) is 9.19. The third-order valence-electron chi connectivity index (χ3n) is 2.34. The first kappa shape index (κ1) is 11.2. The highest BCUT2D eigenvalue weighted by atomic mass is 16.5. The maximum absolute atomic E-state index is 11.0. The Hall–Kier alpha value is -2.30. The van der Waals surface area contributed by atoms with Gasteiger partial charge in [-0.05, 0) is 17.7 Å². The summed E-state index contributed by atoms with van der Waals surface area (Å²) < 4.78 is 5.06. The molecule has 0 atom stereocenters. The van der Waals surface area contributed by atoms with E-state index in [1.165, 1.54) is 6.92 Å². The molecule has 0 spiro atoms. The molecule has 5 heteroatoms. The molecule has 0 aliphatic heterocycles. The van der Waals surface area contributed by atoms with Crippen LogP contribution in [0.25, 0.3) is 10.9 Å². The fourth-order valence-electron chi connectivity index (χ4n) is 1.76. The Kier molecular flexibility index (Phi) is 2.82. The number of carbonyl (C=O) groups excluding carboxylic acids is 1. The minimum atomic E-state index is -0.927. The van der Waals surface area contributed by atoms with Crippen molar-refractivity contribution in [1.82, 2.24) is 4.98 Å². The van der Waals surface area contributed by atoms with E-state index in [9.17, 15) is 9.59 Å². The molecule has 1 aromatic carbocycles. The molecule has 17 heavy (non-hydrogen) atoms. The molecule has 5 nitrogen and oxygen atoms in total. The van der Waals surface area contributed by atoms with Gasteiger partial charge in [-0.15, -0.1) is 0 Å². The number of carboxylic acids is 1. The molecule has 1 aromatic heterocycles. The minimum absolute atomic E-state index is 0.113. The fourth-order valence-corrected chi connectivity index (χ4v) is 1.76. The molecule has 0 fully saturated rings. The van der Waals surface area contributed by atoms with Gasteiger partial charge in [0.15, 0.2) is 0 Å². The lowest BCUT2D eigenvalue weighted by Gasteiger charge is -2.04. The Morgan fingerprint density at radius 1 is 1.41 bits per heavy atom. The lowest BCUT2D eigenvalue weighted by Crippen LogP contribution is -2.03. The second-order valence-electron chi connectivity index (χ2n) is 3.66. The maximum Gasteiger partial charge on any atom is 0.308 e. The molecule has 2 aromatic rings. The number of carbonyl (C=O) groups is 2. The maximum atomic E-state index is 11.0. The predicted octanol–water partition coefficient (Wildman–Crippen LogP) is 1.72. The highest BCUT2D eigenvalue weighted by Crippen LogP contribution is 2.29. The lowest BCUT2D eigenvalue weighted by molar-refractivity contribution is -0.136. The fraction of sp³-hybridized carbons (Fsp3) is 0.167. The molecule has 1 heterocycles. The summed E-state index contributed by atoms with van der Waals surface area (Å²) in [6.07, 6.45) is 1.50. The van der Waals surface area contributed by atoms with Crippen molar-refractivity contribution in [1.29, 1.82) is 0 Å². The Morgan fingerprint density at radius 3 is 2.82 bits per heavy atom. The Morgan fingerprint density at radius 2 is 2.18 bits per heavy atom. The topological polar surface area (TPSA) is 79.4 Å². The molecular formula is C12H11NO4. The molecule has 88 valence electrons. The van der Waals surface area contributed by atoms with E-state index in [-0.39, 0.29) is 6.42 Å². The van der Waals surface area contributed by atoms with Crippen LogP contribution in [0.1, 0.15) is 12.5 Å². The monoisotopic (exact) mass is 233 g/mol. The van der Waals surface area contributed by atoms with Crippen LogP contribution >= 0.6 is 0 Å². The standard InChI is InChI=1S/C12H11NO4/c1-7(14)17-10-4-2-3-9-12(10)8(6-13-9)5-11(15)16/h2-4,6,13H,5H2,1H3,(H,15,16). The van der Waals surface area contributed by atoms with Crippen molar-refractivity contribution in [2.45, 2.75) is 13.3 Å². The summed E-state index contributed by atoms with van der Waals surface area (Å²) in [5, 5.41) is 9.44. The van der Waals surface area contributed by atoms with Gasteiger partial charge in [0.2, 0.25) is 0 Å². The van der Waals surface area contributed by atoms with Gasteiger partial charge in [-0.1, -0.05) is 6.07 Å². The number of nitrogens with one attached hydrogen (secondary N) is 1. The van der Waals surface area contributed by atoms with E-state index in [0.717, 1.165) is 5.52 Å². The van der Waals surface area contributed by atoms with Gasteiger partial charge in [0.25, 0.3) is 0 Å². The van der Waals surface area contributed by atoms with Gasteiger partial charge in [0, 0.05) is 24.0 Å². The van der Waals surface area contributed by atoms with Crippen LogP contribution in [0.2, 0.25) is 0 Å². The van der Waals surface area contributed by atoms with E-state index in [1.54, 1.807) is 24.4 Å². The number of hydrogen-bond acceptors (Lipinski definition) is 3. The van der Waals surface area contributed by atoms with Crippen molar-refractivity contribution in [2.75, 3.05) is 0 Å². The van der Waals surface area contributed by atoms with Gasteiger partial charge in [-0.25, -0.2) is 0 Å². The van der Waals surface area contributed by atoms with Gasteiger partial charge in [0.1, 0.15) is 5.75 Å². The highest BCUT2D eigenvalue weighted by Gasteiger charge is 2.13. The summed E-state index contributed by atoms with van der Waals surface area (Å²) in [5.74, 6) is -0.976. The number of H-pyrrole nitrogens is 1. The summed E-state index contributed by atoms with van der Waals surface area (Å²) in [7, 11) is 0. The number of fused-ring (bicyclic) bond motifs is 1. The molecule has 0 saturated heterocycles. The SMILES string of the molecule is CC(=O)Oc1cccc2[nH]cc(CC(=O)O)c12. The molecule has 0 bridgehead atoms. The third kappa shape index (κ3) is 2.28. The number of ether oxygens (including phenoxy) is 1. The second kappa shape index (κ2) is 4.29. The quantitative estimate of drug-likeness (QED) is 0.625. The van der Waals surface area contributed by atoms with Gasteiger partial charge >= 0.3 is 11.9 Å².